The predicted molar refractivity (Wildman–Crippen MR) is 101 cm³/mol. The van der Waals surface area contributed by atoms with Gasteiger partial charge in [0.15, 0.2) is 5.82 Å². The zero-order chi connectivity index (χ0) is 17.8. The smallest absolute Gasteiger partial charge is 0.255 e. The van der Waals surface area contributed by atoms with Crippen LogP contribution in [0.2, 0.25) is 5.02 Å². The lowest BCUT2D eigenvalue weighted by molar-refractivity contribution is 0.102. The lowest BCUT2D eigenvalue weighted by atomic mass is 10.2. The van der Waals surface area contributed by atoms with E-state index in [4.69, 9.17) is 17.3 Å². The van der Waals surface area contributed by atoms with Gasteiger partial charge in [-0.1, -0.05) is 41.6 Å². The molecule has 25 heavy (non-hydrogen) atoms. The van der Waals surface area contributed by atoms with Gasteiger partial charge in [-0.25, -0.2) is 9.97 Å². The number of hydrogen-bond acceptors (Lipinski definition) is 5. The van der Waals surface area contributed by atoms with Crippen LogP contribution in [-0.4, -0.2) is 15.9 Å². The van der Waals surface area contributed by atoms with E-state index < -0.39 is 0 Å². The van der Waals surface area contributed by atoms with Crippen LogP contribution in [0.3, 0.4) is 0 Å². The molecular formula is C18H15ClN4OS. The molecule has 1 amide bonds. The fraction of sp³-hybridized carbons (Fsp3) is 0.0556. The van der Waals surface area contributed by atoms with Crippen LogP contribution in [0.15, 0.2) is 64.5 Å². The molecule has 3 N–H and O–H groups in total. The molecule has 0 atom stereocenters. The summed E-state index contributed by atoms with van der Waals surface area (Å²) in [4.78, 5) is 22.1. The molecule has 126 valence electrons. The van der Waals surface area contributed by atoms with E-state index in [9.17, 15) is 4.79 Å². The van der Waals surface area contributed by atoms with Gasteiger partial charge < -0.3 is 11.1 Å². The molecule has 0 saturated heterocycles. The van der Waals surface area contributed by atoms with E-state index in [1.165, 1.54) is 11.8 Å². The summed E-state index contributed by atoms with van der Waals surface area (Å²) < 4.78 is 0. The molecule has 1 heterocycles. The molecule has 7 heteroatoms. The van der Waals surface area contributed by atoms with Crippen molar-refractivity contribution in [2.75, 3.05) is 11.1 Å². The maximum absolute atomic E-state index is 12.5. The third-order valence-corrected chi connectivity index (χ3v) is 4.57. The predicted octanol–water partition coefficient (Wildman–Crippen LogP) is 4.42. The second kappa shape index (κ2) is 7.55. The van der Waals surface area contributed by atoms with E-state index in [0.29, 0.717) is 27.1 Å². The minimum atomic E-state index is -0.300. The highest BCUT2D eigenvalue weighted by Gasteiger charge is 2.16. The first-order valence-electron chi connectivity index (χ1n) is 7.47. The molecule has 0 aliphatic carbocycles. The number of rotatable bonds is 4. The summed E-state index contributed by atoms with van der Waals surface area (Å²) in [6.07, 6.45) is 0. The third kappa shape index (κ3) is 4.29. The Kier molecular flexibility index (Phi) is 5.21. The van der Waals surface area contributed by atoms with Crippen molar-refractivity contribution < 1.29 is 4.79 Å². The number of anilines is 2. The molecular weight excluding hydrogens is 356 g/mol. The molecule has 0 radical (unpaired) electrons. The second-order valence-corrected chi connectivity index (χ2v) is 6.71. The minimum absolute atomic E-state index is 0.230. The monoisotopic (exact) mass is 370 g/mol. The van der Waals surface area contributed by atoms with Crippen molar-refractivity contribution in [3.63, 3.8) is 0 Å². The standard InChI is InChI=1S/C18H15ClN4OS/c1-11-21-16(20)15(18(22-11)25-14-5-3-2-4-6-14)23-17(24)12-7-9-13(19)10-8-12/h2-10H,1H3,(H,23,24)(H2,20,21,22). The van der Waals surface area contributed by atoms with Crippen LogP contribution >= 0.6 is 23.4 Å². The molecule has 0 spiro atoms. The Bertz CT molecular complexity index is 901. The quantitative estimate of drug-likeness (QED) is 0.664. The highest BCUT2D eigenvalue weighted by molar-refractivity contribution is 7.99. The zero-order valence-corrected chi connectivity index (χ0v) is 14.9. The van der Waals surface area contributed by atoms with Crippen molar-refractivity contribution in [2.45, 2.75) is 16.8 Å². The molecule has 0 fully saturated rings. The van der Waals surface area contributed by atoms with Gasteiger partial charge in [0.25, 0.3) is 5.91 Å². The number of aromatic nitrogens is 2. The average molecular weight is 371 g/mol. The second-order valence-electron chi connectivity index (χ2n) is 5.21. The van der Waals surface area contributed by atoms with E-state index >= 15 is 0 Å². The number of benzene rings is 2. The normalized spacial score (nSPS) is 10.5. The van der Waals surface area contributed by atoms with Crippen LogP contribution in [0, 0.1) is 6.92 Å². The summed E-state index contributed by atoms with van der Waals surface area (Å²) in [6, 6.07) is 16.3. The number of nitrogen functional groups attached to an aromatic ring is 1. The Balaban J connectivity index is 1.92. The van der Waals surface area contributed by atoms with Gasteiger partial charge in [-0.2, -0.15) is 0 Å². The lowest BCUT2D eigenvalue weighted by Crippen LogP contribution is -2.15. The fourth-order valence-electron chi connectivity index (χ4n) is 2.15. The molecule has 2 aromatic carbocycles. The zero-order valence-electron chi connectivity index (χ0n) is 13.4. The lowest BCUT2D eigenvalue weighted by Gasteiger charge is -2.13. The van der Waals surface area contributed by atoms with Gasteiger partial charge in [0.05, 0.1) is 0 Å². The topological polar surface area (TPSA) is 80.9 Å². The highest BCUT2D eigenvalue weighted by Crippen LogP contribution is 2.34. The van der Waals surface area contributed by atoms with Gasteiger partial charge in [0.2, 0.25) is 0 Å². The Labute approximate surface area is 154 Å². The molecule has 0 bridgehead atoms. The summed E-state index contributed by atoms with van der Waals surface area (Å²) in [5.41, 5.74) is 6.90. The Morgan fingerprint density at radius 1 is 1.08 bits per heavy atom. The molecule has 0 aliphatic rings. The maximum Gasteiger partial charge on any atom is 0.255 e. The third-order valence-electron chi connectivity index (χ3n) is 3.32. The summed E-state index contributed by atoms with van der Waals surface area (Å²) in [5.74, 6) is 0.472. The van der Waals surface area contributed by atoms with Gasteiger partial charge in [-0.15, -0.1) is 0 Å². The van der Waals surface area contributed by atoms with Crippen LogP contribution < -0.4 is 11.1 Å². The number of carbonyl (C=O) groups is 1. The summed E-state index contributed by atoms with van der Waals surface area (Å²) in [5, 5.41) is 3.97. The Morgan fingerprint density at radius 3 is 2.44 bits per heavy atom. The summed E-state index contributed by atoms with van der Waals surface area (Å²) in [7, 11) is 0. The maximum atomic E-state index is 12.5. The SMILES string of the molecule is Cc1nc(N)c(NC(=O)c2ccc(Cl)cc2)c(Sc2ccccc2)n1. The molecule has 3 aromatic rings. The number of amides is 1. The molecule has 0 aliphatic heterocycles. The number of nitrogens with zero attached hydrogens (tertiary/aromatic N) is 2. The van der Waals surface area contributed by atoms with Crippen molar-refractivity contribution in [1.82, 2.24) is 9.97 Å². The van der Waals surface area contributed by atoms with E-state index in [1.807, 2.05) is 30.3 Å². The van der Waals surface area contributed by atoms with Crippen LogP contribution in [0.1, 0.15) is 16.2 Å². The van der Waals surface area contributed by atoms with Crippen molar-refractivity contribution in [1.29, 1.82) is 0 Å². The molecule has 3 rings (SSSR count). The van der Waals surface area contributed by atoms with Crippen molar-refractivity contribution in [2.24, 2.45) is 0 Å². The first kappa shape index (κ1) is 17.3. The van der Waals surface area contributed by atoms with Crippen molar-refractivity contribution >= 4 is 40.8 Å². The number of aryl methyl sites for hydroxylation is 1. The van der Waals surface area contributed by atoms with Crippen LogP contribution in [0.5, 0.6) is 0 Å². The number of hydrogen-bond donors (Lipinski definition) is 2. The summed E-state index contributed by atoms with van der Waals surface area (Å²) in [6.45, 7) is 1.76. The molecule has 0 unspecified atom stereocenters. The minimum Gasteiger partial charge on any atom is -0.382 e. The largest absolute Gasteiger partial charge is 0.382 e. The van der Waals surface area contributed by atoms with Crippen molar-refractivity contribution in [3.05, 3.63) is 71.0 Å². The summed E-state index contributed by atoms with van der Waals surface area (Å²) >= 11 is 7.27. The van der Waals surface area contributed by atoms with Gasteiger partial charge in [-0.05, 0) is 43.3 Å². The Hall–Kier alpha value is -2.57. The highest BCUT2D eigenvalue weighted by atomic mass is 35.5. The van der Waals surface area contributed by atoms with Crippen LogP contribution in [0.25, 0.3) is 0 Å². The van der Waals surface area contributed by atoms with Gasteiger partial charge in [0.1, 0.15) is 16.5 Å². The Morgan fingerprint density at radius 2 is 1.76 bits per heavy atom. The first-order chi connectivity index (χ1) is 12.0. The molecule has 1 aromatic heterocycles. The number of nitrogens with one attached hydrogen (secondary N) is 1. The fourth-order valence-corrected chi connectivity index (χ4v) is 3.22. The van der Waals surface area contributed by atoms with E-state index in [0.717, 1.165) is 4.90 Å². The van der Waals surface area contributed by atoms with E-state index in [-0.39, 0.29) is 11.7 Å². The molecule has 5 nitrogen and oxygen atoms in total. The van der Waals surface area contributed by atoms with Crippen molar-refractivity contribution in [3.8, 4) is 0 Å². The van der Waals surface area contributed by atoms with E-state index in [2.05, 4.69) is 15.3 Å². The van der Waals surface area contributed by atoms with E-state index in [1.54, 1.807) is 31.2 Å². The number of carbonyl (C=O) groups excluding carboxylic acids is 1. The van der Waals surface area contributed by atoms with Gasteiger partial charge in [0, 0.05) is 15.5 Å². The van der Waals surface area contributed by atoms with Crippen LogP contribution in [-0.2, 0) is 0 Å². The number of nitrogens with two attached hydrogens (primary N) is 1. The van der Waals surface area contributed by atoms with Crippen LogP contribution in [0.4, 0.5) is 11.5 Å². The average Bonchev–Trinajstić information content (AvgIpc) is 2.59. The van der Waals surface area contributed by atoms with Gasteiger partial charge in [-0.3, -0.25) is 4.79 Å². The number of halogens is 1. The van der Waals surface area contributed by atoms with Gasteiger partial charge >= 0.3 is 0 Å². The first-order valence-corrected chi connectivity index (χ1v) is 8.66. The molecule has 0 saturated carbocycles.